The molecule has 4 atom stereocenters. The Balaban J connectivity index is 1.75. The second-order valence-electron chi connectivity index (χ2n) is 9.17. The number of hydrogen-bond acceptors (Lipinski definition) is 5. The van der Waals surface area contributed by atoms with E-state index in [4.69, 9.17) is 27.9 Å². The summed E-state index contributed by atoms with van der Waals surface area (Å²) in [6.07, 6.45) is 0.381. The molecule has 2 fully saturated rings. The number of nitrogens with one attached hydrogen (secondary N) is 1. The van der Waals surface area contributed by atoms with Crippen molar-refractivity contribution >= 4 is 41.0 Å². The molecule has 0 spiro atoms. The Hall–Kier alpha value is -2.41. The van der Waals surface area contributed by atoms with Crippen molar-refractivity contribution in [3.8, 4) is 11.1 Å². The largest absolute Gasteiger partial charge is 0.468 e. The first-order valence-corrected chi connectivity index (χ1v) is 11.6. The zero-order chi connectivity index (χ0) is 24.1. The first-order valence-electron chi connectivity index (χ1n) is 10.8. The number of carbonyl (C=O) groups is 3. The highest BCUT2D eigenvalue weighted by Gasteiger charge is 2.68. The highest BCUT2D eigenvalue weighted by molar-refractivity contribution is 6.42. The van der Waals surface area contributed by atoms with Crippen LogP contribution in [0.15, 0.2) is 42.5 Å². The molecule has 2 aliphatic heterocycles. The summed E-state index contributed by atoms with van der Waals surface area (Å²) in [7, 11) is 2.79. The van der Waals surface area contributed by atoms with E-state index >= 15 is 0 Å². The van der Waals surface area contributed by atoms with Crippen LogP contribution in [0, 0.1) is 17.8 Å². The number of methoxy groups -OCH3 is 1. The number of hydrogen-bond donors (Lipinski definition) is 1. The lowest BCUT2D eigenvalue weighted by Crippen LogP contribution is -2.56. The van der Waals surface area contributed by atoms with Crippen molar-refractivity contribution in [2.24, 2.45) is 17.8 Å². The highest BCUT2D eigenvalue weighted by Crippen LogP contribution is 2.51. The Morgan fingerprint density at radius 3 is 2.27 bits per heavy atom. The van der Waals surface area contributed by atoms with E-state index < -0.39 is 29.4 Å². The molecule has 2 aliphatic rings. The minimum Gasteiger partial charge on any atom is -0.468 e. The molecule has 2 heterocycles. The molecule has 1 N–H and O–H groups in total. The van der Waals surface area contributed by atoms with E-state index in [2.05, 4.69) is 5.32 Å². The molecular weight excluding hydrogens is 463 g/mol. The molecule has 33 heavy (non-hydrogen) atoms. The third-order valence-electron chi connectivity index (χ3n) is 6.68. The van der Waals surface area contributed by atoms with Crippen LogP contribution in [0.2, 0.25) is 10.0 Å². The van der Waals surface area contributed by atoms with Gasteiger partial charge in [-0.1, -0.05) is 67.4 Å². The fraction of sp³-hybridized carbons (Fsp3) is 0.400. The zero-order valence-electron chi connectivity index (χ0n) is 18.9. The molecule has 2 saturated heterocycles. The number of benzene rings is 2. The summed E-state index contributed by atoms with van der Waals surface area (Å²) in [6.45, 7) is 3.96. The van der Waals surface area contributed by atoms with Crippen LogP contribution in [-0.2, 0) is 19.1 Å². The molecule has 8 heteroatoms. The Morgan fingerprint density at radius 2 is 1.70 bits per heavy atom. The van der Waals surface area contributed by atoms with Gasteiger partial charge in [0.15, 0.2) is 0 Å². The normalized spacial score (nSPS) is 26.8. The van der Waals surface area contributed by atoms with Crippen LogP contribution in [0.4, 0.5) is 0 Å². The van der Waals surface area contributed by atoms with E-state index in [1.54, 1.807) is 12.1 Å². The Morgan fingerprint density at radius 1 is 1.06 bits per heavy atom. The molecular formula is C25H26Cl2N2O4. The fourth-order valence-electron chi connectivity index (χ4n) is 5.28. The van der Waals surface area contributed by atoms with Crippen molar-refractivity contribution in [2.75, 3.05) is 14.2 Å². The molecule has 174 valence electrons. The number of carbonyl (C=O) groups excluding carboxylic acids is 3. The van der Waals surface area contributed by atoms with Gasteiger partial charge in [0, 0.05) is 13.1 Å². The van der Waals surface area contributed by atoms with E-state index in [0.29, 0.717) is 16.5 Å². The van der Waals surface area contributed by atoms with Gasteiger partial charge in [-0.05, 0) is 41.2 Å². The monoisotopic (exact) mass is 488 g/mol. The van der Waals surface area contributed by atoms with Crippen LogP contribution in [-0.4, -0.2) is 42.4 Å². The van der Waals surface area contributed by atoms with E-state index in [-0.39, 0.29) is 17.7 Å². The number of fused-ring (bicyclic) bond motifs is 1. The third-order valence-corrected chi connectivity index (χ3v) is 7.42. The summed E-state index contributed by atoms with van der Waals surface area (Å²) in [6, 6.07) is 12.6. The summed E-state index contributed by atoms with van der Waals surface area (Å²) >= 11 is 12.2. The van der Waals surface area contributed by atoms with E-state index in [9.17, 15) is 14.4 Å². The SMILES string of the molecule is COC(=O)[C@]1(CC(C)C)N[C@H](c2ccc(-c3ccc(Cl)c(Cl)c3)cc2)[C@@H]2C(=O)N(C)C(=O)[C@@H]21. The lowest BCUT2D eigenvalue weighted by atomic mass is 9.75. The van der Waals surface area contributed by atoms with Gasteiger partial charge in [0.1, 0.15) is 5.54 Å². The molecule has 2 aromatic rings. The first-order chi connectivity index (χ1) is 15.6. The molecule has 2 amide bonds. The highest BCUT2D eigenvalue weighted by atomic mass is 35.5. The topological polar surface area (TPSA) is 75.7 Å². The summed E-state index contributed by atoms with van der Waals surface area (Å²) < 4.78 is 5.14. The average molecular weight is 489 g/mol. The zero-order valence-corrected chi connectivity index (χ0v) is 20.4. The lowest BCUT2D eigenvalue weighted by molar-refractivity contribution is -0.154. The van der Waals surface area contributed by atoms with Crippen molar-refractivity contribution < 1.29 is 19.1 Å². The Labute approximate surface area is 203 Å². The second kappa shape index (κ2) is 8.75. The molecule has 0 unspecified atom stereocenters. The maximum atomic E-state index is 13.1. The molecule has 0 radical (unpaired) electrons. The van der Waals surface area contributed by atoms with E-state index in [1.807, 2.05) is 44.2 Å². The minimum absolute atomic E-state index is 0.0989. The number of likely N-dealkylation sites (tertiary alicyclic amines) is 1. The van der Waals surface area contributed by atoms with Gasteiger partial charge in [-0.3, -0.25) is 24.6 Å². The Kier molecular flexibility index (Phi) is 6.29. The predicted molar refractivity (Wildman–Crippen MR) is 127 cm³/mol. The van der Waals surface area contributed by atoms with Crippen LogP contribution in [0.25, 0.3) is 11.1 Å². The van der Waals surface area contributed by atoms with Gasteiger partial charge < -0.3 is 4.74 Å². The predicted octanol–water partition coefficient (Wildman–Crippen LogP) is 4.49. The van der Waals surface area contributed by atoms with Crippen LogP contribution in [0.3, 0.4) is 0 Å². The lowest BCUT2D eigenvalue weighted by Gasteiger charge is -2.33. The summed E-state index contributed by atoms with van der Waals surface area (Å²) in [5.74, 6) is -2.55. The van der Waals surface area contributed by atoms with E-state index in [1.165, 1.54) is 14.2 Å². The van der Waals surface area contributed by atoms with Gasteiger partial charge in [-0.15, -0.1) is 0 Å². The third kappa shape index (κ3) is 3.84. The molecule has 0 saturated carbocycles. The number of esters is 1. The Bertz CT molecular complexity index is 1120. The van der Waals surface area contributed by atoms with Crippen molar-refractivity contribution in [2.45, 2.75) is 31.8 Å². The van der Waals surface area contributed by atoms with Crippen molar-refractivity contribution in [1.82, 2.24) is 10.2 Å². The first kappa shape index (κ1) is 23.7. The number of halogens is 2. The van der Waals surface area contributed by atoms with Gasteiger partial charge >= 0.3 is 5.97 Å². The maximum Gasteiger partial charge on any atom is 0.326 e. The number of ether oxygens (including phenoxy) is 1. The molecule has 6 nitrogen and oxygen atoms in total. The van der Waals surface area contributed by atoms with Crippen LogP contribution in [0.5, 0.6) is 0 Å². The average Bonchev–Trinajstić information content (AvgIpc) is 3.24. The van der Waals surface area contributed by atoms with Crippen molar-refractivity contribution in [3.05, 3.63) is 58.1 Å². The number of amides is 2. The van der Waals surface area contributed by atoms with Gasteiger partial charge in [0.25, 0.3) is 0 Å². The summed E-state index contributed by atoms with van der Waals surface area (Å²) in [5.41, 5.74) is 1.39. The van der Waals surface area contributed by atoms with Crippen molar-refractivity contribution in [1.29, 1.82) is 0 Å². The molecule has 0 bridgehead atoms. The molecule has 2 aromatic carbocycles. The number of nitrogens with zero attached hydrogens (tertiary/aromatic N) is 1. The molecule has 0 aliphatic carbocycles. The molecule has 4 rings (SSSR count). The summed E-state index contributed by atoms with van der Waals surface area (Å²) in [4.78, 5) is 40.4. The minimum atomic E-state index is -1.27. The smallest absolute Gasteiger partial charge is 0.326 e. The van der Waals surface area contributed by atoms with Gasteiger partial charge in [0.2, 0.25) is 11.8 Å². The number of imide groups is 1. The van der Waals surface area contributed by atoms with Crippen LogP contribution < -0.4 is 5.32 Å². The van der Waals surface area contributed by atoms with Crippen LogP contribution >= 0.6 is 23.2 Å². The second-order valence-corrected chi connectivity index (χ2v) is 9.99. The standard InChI is InChI=1S/C25H26Cl2N2O4/c1-13(2)12-25(24(32)33-4)20-19(22(30)29(3)23(20)31)21(28-25)15-7-5-14(6-8-15)16-9-10-17(26)18(27)11-16/h5-11,13,19-21,28H,12H2,1-4H3/t19-,20-,21-,25-/m1/s1. The van der Waals surface area contributed by atoms with Crippen molar-refractivity contribution in [3.63, 3.8) is 0 Å². The quantitative estimate of drug-likeness (QED) is 0.495. The van der Waals surface area contributed by atoms with E-state index in [0.717, 1.165) is 21.6 Å². The van der Waals surface area contributed by atoms with Gasteiger partial charge in [-0.25, -0.2) is 0 Å². The number of rotatable bonds is 5. The fourth-order valence-corrected chi connectivity index (χ4v) is 5.57. The summed E-state index contributed by atoms with van der Waals surface area (Å²) in [5, 5.41) is 4.33. The maximum absolute atomic E-state index is 13.1. The van der Waals surface area contributed by atoms with Gasteiger partial charge in [0.05, 0.1) is 29.0 Å². The van der Waals surface area contributed by atoms with Gasteiger partial charge in [-0.2, -0.15) is 0 Å². The molecule has 0 aromatic heterocycles. The van der Waals surface area contributed by atoms with Crippen LogP contribution in [0.1, 0.15) is 31.9 Å².